The van der Waals surface area contributed by atoms with Gasteiger partial charge in [-0.15, -0.1) is 0 Å². The summed E-state index contributed by atoms with van der Waals surface area (Å²) in [5.74, 6) is -1.85. The van der Waals surface area contributed by atoms with Crippen LogP contribution in [-0.2, 0) is 14.3 Å². The standard InChI is InChI=1S/C12H15N3O5/c1-8(7-20-2)13-11(16)12(17)14-9-5-3-4-6-10(9)15(18)19/h3-6,8H,7H2,1-2H3,(H,13,16)(H,14,17). The molecule has 0 fully saturated rings. The van der Waals surface area contributed by atoms with E-state index in [1.54, 1.807) is 6.92 Å². The summed E-state index contributed by atoms with van der Waals surface area (Å²) in [6.07, 6.45) is 0. The molecule has 2 amide bonds. The van der Waals surface area contributed by atoms with E-state index in [1.807, 2.05) is 0 Å². The van der Waals surface area contributed by atoms with Gasteiger partial charge in [0.1, 0.15) is 5.69 Å². The summed E-state index contributed by atoms with van der Waals surface area (Å²) < 4.78 is 4.82. The first-order chi connectivity index (χ1) is 9.45. The Balaban J connectivity index is 2.71. The number of hydrogen-bond acceptors (Lipinski definition) is 5. The highest BCUT2D eigenvalue weighted by Gasteiger charge is 2.20. The zero-order chi connectivity index (χ0) is 15.1. The monoisotopic (exact) mass is 281 g/mol. The molecule has 1 aromatic carbocycles. The number of benzene rings is 1. The fourth-order valence-corrected chi connectivity index (χ4v) is 1.50. The molecule has 0 aliphatic heterocycles. The molecule has 0 radical (unpaired) electrons. The molecule has 0 heterocycles. The van der Waals surface area contributed by atoms with Crippen molar-refractivity contribution in [3.63, 3.8) is 0 Å². The molecule has 8 nitrogen and oxygen atoms in total. The summed E-state index contributed by atoms with van der Waals surface area (Å²) in [5.41, 5.74) is -0.310. The first-order valence-electron chi connectivity index (χ1n) is 5.80. The Morgan fingerprint density at radius 3 is 2.60 bits per heavy atom. The van der Waals surface area contributed by atoms with E-state index in [2.05, 4.69) is 10.6 Å². The van der Waals surface area contributed by atoms with Crippen LogP contribution < -0.4 is 10.6 Å². The summed E-state index contributed by atoms with van der Waals surface area (Å²) >= 11 is 0. The van der Waals surface area contributed by atoms with Gasteiger partial charge in [-0.25, -0.2) is 0 Å². The molecule has 20 heavy (non-hydrogen) atoms. The molecule has 1 aromatic rings. The number of amides is 2. The number of rotatable bonds is 5. The molecule has 0 bridgehead atoms. The fourth-order valence-electron chi connectivity index (χ4n) is 1.50. The van der Waals surface area contributed by atoms with E-state index in [0.717, 1.165) is 0 Å². The Hall–Kier alpha value is -2.48. The van der Waals surface area contributed by atoms with Crippen molar-refractivity contribution in [2.45, 2.75) is 13.0 Å². The van der Waals surface area contributed by atoms with Gasteiger partial charge in [-0.3, -0.25) is 19.7 Å². The summed E-state index contributed by atoms with van der Waals surface area (Å²) in [5, 5.41) is 15.4. The van der Waals surface area contributed by atoms with Crippen molar-refractivity contribution >= 4 is 23.2 Å². The van der Waals surface area contributed by atoms with Crippen LogP contribution in [0.15, 0.2) is 24.3 Å². The summed E-state index contributed by atoms with van der Waals surface area (Å²) in [6.45, 7) is 1.92. The van der Waals surface area contributed by atoms with E-state index < -0.39 is 16.7 Å². The quantitative estimate of drug-likeness (QED) is 0.468. The molecule has 2 N–H and O–H groups in total. The van der Waals surface area contributed by atoms with Crippen LogP contribution >= 0.6 is 0 Å². The molecule has 1 unspecified atom stereocenters. The average Bonchev–Trinajstić information content (AvgIpc) is 2.39. The Morgan fingerprint density at radius 1 is 1.35 bits per heavy atom. The van der Waals surface area contributed by atoms with Gasteiger partial charge in [0.2, 0.25) is 0 Å². The summed E-state index contributed by atoms with van der Waals surface area (Å²) in [4.78, 5) is 33.3. The predicted molar refractivity (Wildman–Crippen MR) is 71.2 cm³/mol. The van der Waals surface area contributed by atoms with Crippen LogP contribution in [-0.4, -0.2) is 36.5 Å². The van der Waals surface area contributed by atoms with Crippen molar-refractivity contribution in [3.8, 4) is 0 Å². The van der Waals surface area contributed by atoms with Crippen LogP contribution in [0, 0.1) is 10.1 Å². The van der Waals surface area contributed by atoms with Gasteiger partial charge >= 0.3 is 11.8 Å². The maximum absolute atomic E-state index is 11.6. The van der Waals surface area contributed by atoms with E-state index in [1.165, 1.54) is 31.4 Å². The Bertz CT molecular complexity index is 518. The third-order valence-corrected chi connectivity index (χ3v) is 2.35. The lowest BCUT2D eigenvalue weighted by atomic mass is 10.2. The van der Waals surface area contributed by atoms with Crippen molar-refractivity contribution in [3.05, 3.63) is 34.4 Å². The van der Waals surface area contributed by atoms with Crippen LogP contribution in [0.2, 0.25) is 0 Å². The van der Waals surface area contributed by atoms with Gasteiger partial charge in [-0.1, -0.05) is 12.1 Å². The molecular weight excluding hydrogens is 266 g/mol. The van der Waals surface area contributed by atoms with Gasteiger partial charge in [0.25, 0.3) is 5.69 Å². The number of methoxy groups -OCH3 is 1. The minimum atomic E-state index is -0.970. The van der Waals surface area contributed by atoms with Crippen LogP contribution in [0.4, 0.5) is 11.4 Å². The number of carbonyl (C=O) groups excluding carboxylic acids is 2. The van der Waals surface area contributed by atoms with Gasteiger partial charge in [-0.05, 0) is 13.0 Å². The Morgan fingerprint density at radius 2 is 2.00 bits per heavy atom. The lowest BCUT2D eigenvalue weighted by Gasteiger charge is -2.12. The van der Waals surface area contributed by atoms with Crippen molar-refractivity contribution in [1.82, 2.24) is 5.32 Å². The summed E-state index contributed by atoms with van der Waals surface area (Å²) in [7, 11) is 1.47. The lowest BCUT2D eigenvalue weighted by Crippen LogP contribution is -2.42. The molecule has 1 atom stereocenters. The molecule has 0 saturated carbocycles. The second kappa shape index (κ2) is 7.19. The van der Waals surface area contributed by atoms with Gasteiger partial charge in [-0.2, -0.15) is 0 Å². The largest absolute Gasteiger partial charge is 0.383 e. The molecule has 8 heteroatoms. The van der Waals surface area contributed by atoms with Crippen LogP contribution in [0.25, 0.3) is 0 Å². The number of carbonyl (C=O) groups is 2. The molecule has 0 aromatic heterocycles. The number of ether oxygens (including phenoxy) is 1. The number of hydrogen-bond donors (Lipinski definition) is 2. The summed E-state index contributed by atoms with van der Waals surface area (Å²) in [6, 6.07) is 5.23. The van der Waals surface area contributed by atoms with Gasteiger partial charge in [0.05, 0.1) is 11.5 Å². The number of nitro benzene ring substituents is 1. The van der Waals surface area contributed by atoms with E-state index >= 15 is 0 Å². The van der Waals surface area contributed by atoms with Crippen LogP contribution in [0.1, 0.15) is 6.92 Å². The number of nitrogens with one attached hydrogen (secondary N) is 2. The normalized spacial score (nSPS) is 11.5. The number of nitro groups is 1. The molecule has 0 spiro atoms. The maximum atomic E-state index is 11.6. The third-order valence-electron chi connectivity index (χ3n) is 2.35. The predicted octanol–water partition coefficient (Wildman–Crippen LogP) is 0.684. The highest BCUT2D eigenvalue weighted by molar-refractivity contribution is 6.39. The second-order valence-electron chi connectivity index (χ2n) is 4.06. The van der Waals surface area contributed by atoms with Gasteiger partial charge in [0, 0.05) is 19.2 Å². The average molecular weight is 281 g/mol. The first kappa shape index (κ1) is 15.6. The van der Waals surface area contributed by atoms with Crippen molar-refractivity contribution < 1.29 is 19.2 Å². The number of nitrogens with zero attached hydrogens (tertiary/aromatic N) is 1. The Labute approximate surface area is 115 Å². The molecule has 0 saturated heterocycles. The molecule has 108 valence electrons. The van der Waals surface area contributed by atoms with Crippen LogP contribution in [0.3, 0.4) is 0 Å². The zero-order valence-electron chi connectivity index (χ0n) is 11.1. The van der Waals surface area contributed by atoms with E-state index in [4.69, 9.17) is 4.74 Å². The van der Waals surface area contributed by atoms with E-state index in [0.29, 0.717) is 0 Å². The minimum absolute atomic E-state index is 0.0305. The smallest absolute Gasteiger partial charge is 0.313 e. The van der Waals surface area contributed by atoms with Crippen molar-refractivity contribution in [2.24, 2.45) is 0 Å². The van der Waals surface area contributed by atoms with Crippen LogP contribution in [0.5, 0.6) is 0 Å². The molecule has 0 aliphatic rings. The third kappa shape index (κ3) is 4.32. The topological polar surface area (TPSA) is 111 Å². The fraction of sp³-hybridized carbons (Fsp3) is 0.333. The Kier molecular flexibility index (Phi) is 5.60. The SMILES string of the molecule is COCC(C)NC(=O)C(=O)Nc1ccccc1[N+](=O)[O-]. The highest BCUT2D eigenvalue weighted by Crippen LogP contribution is 2.22. The van der Waals surface area contributed by atoms with Crippen molar-refractivity contribution in [1.29, 1.82) is 0 Å². The van der Waals surface area contributed by atoms with Gasteiger partial charge in [0.15, 0.2) is 0 Å². The minimum Gasteiger partial charge on any atom is -0.383 e. The number of para-hydroxylation sites is 2. The molecule has 0 aliphatic carbocycles. The highest BCUT2D eigenvalue weighted by atomic mass is 16.6. The zero-order valence-corrected chi connectivity index (χ0v) is 11.1. The maximum Gasteiger partial charge on any atom is 0.313 e. The molecular formula is C12H15N3O5. The second-order valence-corrected chi connectivity index (χ2v) is 4.06. The molecule has 1 rings (SSSR count). The van der Waals surface area contributed by atoms with Gasteiger partial charge < -0.3 is 15.4 Å². The van der Waals surface area contributed by atoms with Crippen molar-refractivity contribution in [2.75, 3.05) is 19.0 Å². The van der Waals surface area contributed by atoms with E-state index in [-0.39, 0.29) is 24.0 Å². The number of anilines is 1. The van der Waals surface area contributed by atoms with E-state index in [9.17, 15) is 19.7 Å². The lowest BCUT2D eigenvalue weighted by molar-refractivity contribution is -0.383. The first-order valence-corrected chi connectivity index (χ1v) is 5.80.